The van der Waals surface area contributed by atoms with Gasteiger partial charge in [-0.25, -0.2) is 4.68 Å². The van der Waals surface area contributed by atoms with Crippen LogP contribution in [0.5, 0.6) is 0 Å². The van der Waals surface area contributed by atoms with Crippen molar-refractivity contribution in [3.63, 3.8) is 0 Å². The number of halogens is 1. The van der Waals surface area contributed by atoms with Crippen molar-refractivity contribution in [1.29, 1.82) is 0 Å². The van der Waals surface area contributed by atoms with Crippen molar-refractivity contribution >= 4 is 11.6 Å². The molecule has 0 atom stereocenters. The van der Waals surface area contributed by atoms with Crippen LogP contribution in [0.25, 0.3) is 16.9 Å². The van der Waals surface area contributed by atoms with Crippen LogP contribution in [0.15, 0.2) is 42.5 Å². The van der Waals surface area contributed by atoms with Crippen LogP contribution in [-0.4, -0.2) is 20.1 Å². The van der Waals surface area contributed by atoms with Crippen LogP contribution in [0.1, 0.15) is 16.8 Å². The van der Waals surface area contributed by atoms with Crippen LogP contribution in [-0.2, 0) is 6.61 Å². The molecular weight excluding hydrogens is 298 g/mol. The zero-order chi connectivity index (χ0) is 15.7. The average Bonchev–Trinajstić information content (AvgIpc) is 2.94. The lowest BCUT2D eigenvalue weighted by Gasteiger charge is -2.10. The van der Waals surface area contributed by atoms with E-state index in [4.69, 9.17) is 11.6 Å². The van der Waals surface area contributed by atoms with E-state index in [1.54, 1.807) is 4.68 Å². The number of aromatic nitrogens is 3. The molecule has 0 spiro atoms. The number of hydrogen-bond acceptors (Lipinski definition) is 3. The summed E-state index contributed by atoms with van der Waals surface area (Å²) in [6, 6.07) is 13.6. The Morgan fingerprint density at radius 2 is 1.86 bits per heavy atom. The molecule has 0 aliphatic carbocycles. The molecular formula is C17H16ClN3O. The molecule has 2 aromatic carbocycles. The predicted octanol–water partition coefficient (Wildman–Crippen LogP) is 3.70. The molecule has 1 heterocycles. The van der Waals surface area contributed by atoms with Crippen LogP contribution < -0.4 is 0 Å². The van der Waals surface area contributed by atoms with Gasteiger partial charge in [-0.15, -0.1) is 5.10 Å². The fourth-order valence-corrected chi connectivity index (χ4v) is 2.61. The first-order chi connectivity index (χ1) is 10.6. The van der Waals surface area contributed by atoms with Crippen molar-refractivity contribution in [2.24, 2.45) is 0 Å². The van der Waals surface area contributed by atoms with Gasteiger partial charge in [0.25, 0.3) is 0 Å². The SMILES string of the molecule is Cc1ccc(-n2nnc(CO)c2-c2ccccc2Cl)cc1C. The van der Waals surface area contributed by atoms with Gasteiger partial charge < -0.3 is 5.11 Å². The summed E-state index contributed by atoms with van der Waals surface area (Å²) in [5.74, 6) is 0. The fraction of sp³-hybridized carbons (Fsp3) is 0.176. The molecule has 5 heteroatoms. The number of aliphatic hydroxyl groups excluding tert-OH is 1. The van der Waals surface area contributed by atoms with Gasteiger partial charge in [-0.1, -0.05) is 41.1 Å². The van der Waals surface area contributed by atoms with Gasteiger partial charge in [0.05, 0.1) is 17.3 Å². The van der Waals surface area contributed by atoms with E-state index >= 15 is 0 Å². The van der Waals surface area contributed by atoms with Crippen LogP contribution in [0.3, 0.4) is 0 Å². The summed E-state index contributed by atoms with van der Waals surface area (Å²) < 4.78 is 1.72. The zero-order valence-corrected chi connectivity index (χ0v) is 13.2. The second kappa shape index (κ2) is 5.91. The molecule has 0 aliphatic rings. The maximum Gasteiger partial charge on any atom is 0.117 e. The molecule has 0 radical (unpaired) electrons. The third-order valence-corrected chi connectivity index (χ3v) is 4.08. The molecule has 3 rings (SSSR count). The van der Waals surface area contributed by atoms with E-state index < -0.39 is 0 Å². The Morgan fingerprint density at radius 3 is 2.55 bits per heavy atom. The highest BCUT2D eigenvalue weighted by Crippen LogP contribution is 2.31. The van der Waals surface area contributed by atoms with Gasteiger partial charge in [-0.05, 0) is 43.2 Å². The second-order valence-corrected chi connectivity index (χ2v) is 5.61. The van der Waals surface area contributed by atoms with Gasteiger partial charge in [0.1, 0.15) is 11.4 Å². The highest BCUT2D eigenvalue weighted by atomic mass is 35.5. The van der Waals surface area contributed by atoms with Gasteiger partial charge in [0.15, 0.2) is 0 Å². The van der Waals surface area contributed by atoms with Crippen molar-refractivity contribution in [3.05, 3.63) is 64.3 Å². The summed E-state index contributed by atoms with van der Waals surface area (Å²) in [4.78, 5) is 0. The van der Waals surface area contributed by atoms with E-state index in [0.717, 1.165) is 16.9 Å². The van der Waals surface area contributed by atoms with Gasteiger partial charge in [0.2, 0.25) is 0 Å². The molecule has 0 saturated heterocycles. The van der Waals surface area contributed by atoms with E-state index in [1.807, 2.05) is 42.5 Å². The lowest BCUT2D eigenvalue weighted by atomic mass is 10.1. The molecule has 22 heavy (non-hydrogen) atoms. The minimum absolute atomic E-state index is 0.189. The standard InChI is InChI=1S/C17H16ClN3O/c1-11-7-8-13(9-12(11)2)21-17(16(10-22)19-20-21)14-5-3-4-6-15(14)18/h3-9,22H,10H2,1-2H3. The number of hydrogen-bond donors (Lipinski definition) is 1. The zero-order valence-electron chi connectivity index (χ0n) is 12.4. The molecule has 4 nitrogen and oxygen atoms in total. The molecule has 0 fully saturated rings. The molecule has 1 aromatic heterocycles. The normalized spacial score (nSPS) is 10.9. The minimum atomic E-state index is -0.189. The van der Waals surface area contributed by atoms with E-state index in [2.05, 4.69) is 24.2 Å². The number of aryl methyl sites for hydroxylation is 2. The maximum absolute atomic E-state index is 9.57. The van der Waals surface area contributed by atoms with Gasteiger partial charge in [-0.2, -0.15) is 0 Å². The first-order valence-electron chi connectivity index (χ1n) is 6.99. The van der Waals surface area contributed by atoms with Crippen LogP contribution >= 0.6 is 11.6 Å². The molecule has 0 amide bonds. The van der Waals surface area contributed by atoms with Gasteiger partial charge >= 0.3 is 0 Å². The number of nitrogens with zero attached hydrogens (tertiary/aromatic N) is 3. The Hall–Kier alpha value is -2.17. The Labute approximate surface area is 134 Å². The first kappa shape index (κ1) is 14.8. The molecule has 1 N–H and O–H groups in total. The van der Waals surface area contributed by atoms with Gasteiger partial charge in [-0.3, -0.25) is 0 Å². The van der Waals surface area contributed by atoms with Gasteiger partial charge in [0, 0.05) is 5.56 Å². The number of aliphatic hydroxyl groups is 1. The Morgan fingerprint density at radius 1 is 1.09 bits per heavy atom. The second-order valence-electron chi connectivity index (χ2n) is 5.20. The molecule has 0 bridgehead atoms. The molecule has 0 saturated carbocycles. The molecule has 3 aromatic rings. The lowest BCUT2D eigenvalue weighted by molar-refractivity contribution is 0.277. The first-order valence-corrected chi connectivity index (χ1v) is 7.37. The van der Waals surface area contributed by atoms with E-state index in [0.29, 0.717) is 10.7 Å². The van der Waals surface area contributed by atoms with Crippen molar-refractivity contribution in [2.45, 2.75) is 20.5 Å². The maximum atomic E-state index is 9.57. The average molecular weight is 314 g/mol. The summed E-state index contributed by atoms with van der Waals surface area (Å²) in [5, 5.41) is 18.5. The van der Waals surface area contributed by atoms with Crippen molar-refractivity contribution in [3.8, 4) is 16.9 Å². The molecule has 112 valence electrons. The summed E-state index contributed by atoms with van der Waals surface area (Å²) in [6.07, 6.45) is 0. The van der Waals surface area contributed by atoms with E-state index in [-0.39, 0.29) is 6.61 Å². The van der Waals surface area contributed by atoms with E-state index in [1.165, 1.54) is 11.1 Å². The van der Waals surface area contributed by atoms with Crippen LogP contribution in [0.4, 0.5) is 0 Å². The summed E-state index contributed by atoms with van der Waals surface area (Å²) in [7, 11) is 0. The summed E-state index contributed by atoms with van der Waals surface area (Å²) >= 11 is 6.31. The quantitative estimate of drug-likeness (QED) is 0.802. The van der Waals surface area contributed by atoms with Crippen molar-refractivity contribution in [2.75, 3.05) is 0 Å². The Kier molecular flexibility index (Phi) is 3.96. The number of benzene rings is 2. The fourth-order valence-electron chi connectivity index (χ4n) is 2.38. The van der Waals surface area contributed by atoms with Crippen molar-refractivity contribution < 1.29 is 5.11 Å². The highest BCUT2D eigenvalue weighted by molar-refractivity contribution is 6.33. The smallest absolute Gasteiger partial charge is 0.117 e. The predicted molar refractivity (Wildman–Crippen MR) is 87.2 cm³/mol. The van der Waals surface area contributed by atoms with E-state index in [9.17, 15) is 5.11 Å². The molecule has 0 unspecified atom stereocenters. The van der Waals surface area contributed by atoms with Crippen LogP contribution in [0, 0.1) is 13.8 Å². The Balaban J connectivity index is 2.24. The largest absolute Gasteiger partial charge is 0.390 e. The van der Waals surface area contributed by atoms with Crippen molar-refractivity contribution in [1.82, 2.24) is 15.0 Å². The van der Waals surface area contributed by atoms with Crippen LogP contribution in [0.2, 0.25) is 5.02 Å². The monoisotopic (exact) mass is 313 g/mol. The third kappa shape index (κ3) is 2.51. The summed E-state index contributed by atoms with van der Waals surface area (Å²) in [6.45, 7) is 3.93. The third-order valence-electron chi connectivity index (χ3n) is 3.75. The highest BCUT2D eigenvalue weighted by Gasteiger charge is 2.18. The molecule has 0 aliphatic heterocycles. The lowest BCUT2D eigenvalue weighted by Crippen LogP contribution is -2.01. The topological polar surface area (TPSA) is 50.9 Å². The minimum Gasteiger partial charge on any atom is -0.390 e. The summed E-state index contributed by atoms with van der Waals surface area (Å²) in [5.41, 5.74) is 5.30. The Bertz CT molecular complexity index is 827. The number of rotatable bonds is 3.